The maximum absolute atomic E-state index is 12.2. The SMILES string of the molecule is Cc1nnc(-c2nc(C(F)(F)F)cs2)o1. The van der Waals surface area contributed by atoms with Crippen molar-refractivity contribution >= 4 is 11.3 Å². The van der Waals surface area contributed by atoms with Crippen LogP contribution in [-0.2, 0) is 6.18 Å². The van der Waals surface area contributed by atoms with Gasteiger partial charge in [0.15, 0.2) is 10.7 Å². The molecule has 0 aliphatic heterocycles. The monoisotopic (exact) mass is 235 g/mol. The largest absolute Gasteiger partial charge is 0.434 e. The topological polar surface area (TPSA) is 51.8 Å². The van der Waals surface area contributed by atoms with E-state index in [4.69, 9.17) is 4.42 Å². The lowest BCUT2D eigenvalue weighted by Gasteiger charge is -1.99. The van der Waals surface area contributed by atoms with Crippen LogP contribution < -0.4 is 0 Å². The van der Waals surface area contributed by atoms with Crippen molar-refractivity contribution in [2.75, 3.05) is 0 Å². The molecule has 0 atom stereocenters. The van der Waals surface area contributed by atoms with E-state index < -0.39 is 11.9 Å². The van der Waals surface area contributed by atoms with Gasteiger partial charge in [0, 0.05) is 12.3 Å². The summed E-state index contributed by atoms with van der Waals surface area (Å²) in [6.45, 7) is 1.55. The van der Waals surface area contributed by atoms with E-state index in [2.05, 4.69) is 15.2 Å². The number of rotatable bonds is 1. The van der Waals surface area contributed by atoms with Crippen LogP contribution in [0.15, 0.2) is 9.80 Å². The first-order valence-electron chi connectivity index (χ1n) is 3.80. The predicted octanol–water partition coefficient (Wildman–Crippen LogP) is 2.52. The van der Waals surface area contributed by atoms with Crippen molar-refractivity contribution in [3.05, 3.63) is 17.0 Å². The molecular formula is C7H4F3N3OS. The molecule has 0 spiro atoms. The van der Waals surface area contributed by atoms with Gasteiger partial charge in [-0.1, -0.05) is 0 Å². The van der Waals surface area contributed by atoms with E-state index in [1.54, 1.807) is 6.92 Å². The second kappa shape index (κ2) is 3.30. The molecule has 80 valence electrons. The molecule has 0 aliphatic carbocycles. The molecule has 15 heavy (non-hydrogen) atoms. The summed E-state index contributed by atoms with van der Waals surface area (Å²) in [5.74, 6) is 0.293. The lowest BCUT2D eigenvalue weighted by molar-refractivity contribution is -0.140. The Kier molecular flexibility index (Phi) is 2.22. The summed E-state index contributed by atoms with van der Waals surface area (Å²) in [6, 6.07) is 0. The first-order valence-corrected chi connectivity index (χ1v) is 4.68. The fourth-order valence-corrected chi connectivity index (χ4v) is 1.63. The normalized spacial score (nSPS) is 12.0. The Morgan fingerprint density at radius 2 is 2.07 bits per heavy atom. The van der Waals surface area contributed by atoms with Gasteiger partial charge in [-0.05, 0) is 0 Å². The number of nitrogens with zero attached hydrogens (tertiary/aromatic N) is 3. The van der Waals surface area contributed by atoms with Gasteiger partial charge in [-0.2, -0.15) is 13.2 Å². The Labute approximate surface area is 85.8 Å². The van der Waals surface area contributed by atoms with E-state index in [-0.39, 0.29) is 16.8 Å². The molecule has 0 fully saturated rings. The Morgan fingerprint density at radius 1 is 1.33 bits per heavy atom. The smallest absolute Gasteiger partial charge is 0.419 e. The number of thiazole rings is 1. The van der Waals surface area contributed by atoms with Gasteiger partial charge in [0.2, 0.25) is 5.89 Å². The highest BCUT2D eigenvalue weighted by Gasteiger charge is 2.34. The average Bonchev–Trinajstić information content (AvgIpc) is 2.69. The molecule has 2 aromatic heterocycles. The third-order valence-corrected chi connectivity index (χ3v) is 2.33. The Hall–Kier alpha value is -1.44. The summed E-state index contributed by atoms with van der Waals surface area (Å²) < 4.78 is 41.6. The highest BCUT2D eigenvalue weighted by Crippen LogP contribution is 2.32. The highest BCUT2D eigenvalue weighted by atomic mass is 32.1. The van der Waals surface area contributed by atoms with Crippen molar-refractivity contribution in [1.29, 1.82) is 0 Å². The van der Waals surface area contributed by atoms with E-state index in [1.807, 2.05) is 0 Å². The Bertz CT molecular complexity index is 476. The molecule has 2 aromatic rings. The molecule has 0 saturated carbocycles. The highest BCUT2D eigenvalue weighted by molar-refractivity contribution is 7.13. The molecule has 0 bridgehead atoms. The van der Waals surface area contributed by atoms with Crippen LogP contribution >= 0.6 is 11.3 Å². The second-order valence-corrected chi connectivity index (χ2v) is 3.52. The minimum atomic E-state index is -4.44. The van der Waals surface area contributed by atoms with Gasteiger partial charge in [0.1, 0.15) is 0 Å². The van der Waals surface area contributed by atoms with Gasteiger partial charge in [0.25, 0.3) is 5.89 Å². The molecule has 0 aromatic carbocycles. The van der Waals surface area contributed by atoms with Crippen LogP contribution in [0.2, 0.25) is 0 Å². The average molecular weight is 235 g/mol. The van der Waals surface area contributed by atoms with Crippen LogP contribution in [0.4, 0.5) is 13.2 Å². The third kappa shape index (κ3) is 1.99. The molecule has 8 heteroatoms. The van der Waals surface area contributed by atoms with Crippen LogP contribution in [0.3, 0.4) is 0 Å². The molecule has 0 aliphatic rings. The van der Waals surface area contributed by atoms with E-state index in [0.717, 1.165) is 16.7 Å². The van der Waals surface area contributed by atoms with Crippen LogP contribution in [0.1, 0.15) is 11.6 Å². The minimum Gasteiger partial charge on any atom is -0.419 e. The van der Waals surface area contributed by atoms with Gasteiger partial charge >= 0.3 is 6.18 Å². The number of hydrogen-bond donors (Lipinski definition) is 0. The molecule has 2 heterocycles. The van der Waals surface area contributed by atoms with E-state index in [1.165, 1.54) is 0 Å². The Morgan fingerprint density at radius 3 is 2.53 bits per heavy atom. The zero-order chi connectivity index (χ0) is 11.1. The number of alkyl halides is 3. The molecular weight excluding hydrogens is 231 g/mol. The molecule has 0 amide bonds. The Balaban J connectivity index is 2.36. The number of halogens is 3. The zero-order valence-corrected chi connectivity index (χ0v) is 8.19. The second-order valence-electron chi connectivity index (χ2n) is 2.66. The van der Waals surface area contributed by atoms with Crippen LogP contribution in [-0.4, -0.2) is 15.2 Å². The maximum Gasteiger partial charge on any atom is 0.434 e. The van der Waals surface area contributed by atoms with Crippen molar-refractivity contribution in [1.82, 2.24) is 15.2 Å². The number of aromatic nitrogens is 3. The molecule has 0 radical (unpaired) electrons. The van der Waals surface area contributed by atoms with E-state index in [9.17, 15) is 13.2 Å². The summed E-state index contributed by atoms with van der Waals surface area (Å²) in [4.78, 5) is 3.36. The van der Waals surface area contributed by atoms with Crippen LogP contribution in [0, 0.1) is 6.92 Å². The van der Waals surface area contributed by atoms with Gasteiger partial charge in [-0.15, -0.1) is 21.5 Å². The maximum atomic E-state index is 12.2. The van der Waals surface area contributed by atoms with Crippen molar-refractivity contribution < 1.29 is 17.6 Å². The van der Waals surface area contributed by atoms with Crippen molar-refractivity contribution in [2.24, 2.45) is 0 Å². The molecule has 0 unspecified atom stereocenters. The predicted molar refractivity (Wildman–Crippen MR) is 45.1 cm³/mol. The summed E-state index contributed by atoms with van der Waals surface area (Å²) in [5.41, 5.74) is -0.946. The minimum absolute atomic E-state index is 0.00741. The van der Waals surface area contributed by atoms with Crippen LogP contribution in [0.25, 0.3) is 10.9 Å². The van der Waals surface area contributed by atoms with Crippen molar-refractivity contribution in [3.63, 3.8) is 0 Å². The lowest BCUT2D eigenvalue weighted by atomic mass is 10.5. The first-order chi connectivity index (χ1) is 6.97. The lowest BCUT2D eigenvalue weighted by Crippen LogP contribution is -2.04. The van der Waals surface area contributed by atoms with Gasteiger partial charge in [-0.25, -0.2) is 4.98 Å². The molecule has 4 nitrogen and oxygen atoms in total. The van der Waals surface area contributed by atoms with Gasteiger partial charge in [-0.3, -0.25) is 0 Å². The van der Waals surface area contributed by atoms with Crippen molar-refractivity contribution in [3.8, 4) is 10.9 Å². The summed E-state index contributed by atoms with van der Waals surface area (Å²) in [6.07, 6.45) is -4.44. The molecule has 2 rings (SSSR count). The van der Waals surface area contributed by atoms with Crippen LogP contribution in [0.5, 0.6) is 0 Å². The fraction of sp³-hybridized carbons (Fsp3) is 0.286. The first kappa shape index (κ1) is 10.1. The van der Waals surface area contributed by atoms with Gasteiger partial charge < -0.3 is 4.42 Å². The number of aryl methyl sites for hydroxylation is 1. The molecule has 0 saturated heterocycles. The number of hydrogen-bond acceptors (Lipinski definition) is 5. The van der Waals surface area contributed by atoms with Crippen molar-refractivity contribution in [2.45, 2.75) is 13.1 Å². The summed E-state index contributed by atoms with van der Waals surface area (Å²) in [5, 5.41) is 8.06. The summed E-state index contributed by atoms with van der Waals surface area (Å²) in [7, 11) is 0. The van der Waals surface area contributed by atoms with E-state index >= 15 is 0 Å². The zero-order valence-electron chi connectivity index (χ0n) is 7.37. The van der Waals surface area contributed by atoms with E-state index in [0.29, 0.717) is 0 Å². The standard InChI is InChI=1S/C7H4F3N3OS/c1-3-12-13-5(14-3)6-11-4(2-15-6)7(8,9)10/h2H,1H3. The quantitative estimate of drug-likeness (QED) is 0.762. The fourth-order valence-electron chi connectivity index (χ4n) is 0.885. The third-order valence-electron chi connectivity index (χ3n) is 1.50. The summed E-state index contributed by atoms with van der Waals surface area (Å²) >= 11 is 0.815. The van der Waals surface area contributed by atoms with Gasteiger partial charge in [0.05, 0.1) is 0 Å². The molecule has 0 N–H and O–H groups in total.